The highest BCUT2D eigenvalue weighted by molar-refractivity contribution is 6.32. The summed E-state index contributed by atoms with van der Waals surface area (Å²) in [4.78, 5) is 20.1. The number of oxime groups is 1. The molecule has 1 aliphatic carbocycles. The van der Waals surface area contributed by atoms with Gasteiger partial charge in [0.25, 0.3) is 0 Å². The molecule has 1 aromatic carbocycles. The molecule has 1 fully saturated rings. The summed E-state index contributed by atoms with van der Waals surface area (Å²) in [5.74, 6) is -0.158. The predicted molar refractivity (Wildman–Crippen MR) is 110 cm³/mol. The van der Waals surface area contributed by atoms with Crippen LogP contribution in [0.4, 0.5) is 5.69 Å². The highest BCUT2D eigenvalue weighted by atomic mass is 35.5. The van der Waals surface area contributed by atoms with Gasteiger partial charge < -0.3 is 9.57 Å². The predicted octanol–water partition coefficient (Wildman–Crippen LogP) is 5.04. The molecular weight excluding hydrogens is 364 g/mol. The monoisotopic (exact) mass is 394 g/mol. The van der Waals surface area contributed by atoms with E-state index in [1.807, 2.05) is 32.0 Å². The summed E-state index contributed by atoms with van der Waals surface area (Å²) in [6.45, 7) is 7.16. The van der Waals surface area contributed by atoms with Crippen molar-refractivity contribution in [3.05, 3.63) is 29.3 Å². The molecule has 1 saturated carbocycles. The van der Waals surface area contributed by atoms with Crippen molar-refractivity contribution in [2.75, 3.05) is 18.2 Å². The zero-order valence-electron chi connectivity index (χ0n) is 16.7. The summed E-state index contributed by atoms with van der Waals surface area (Å²) >= 11 is 6.28. The van der Waals surface area contributed by atoms with Crippen LogP contribution in [0.3, 0.4) is 0 Å². The molecule has 6 heteroatoms. The first-order valence-corrected chi connectivity index (χ1v) is 10.4. The van der Waals surface area contributed by atoms with Crippen LogP contribution >= 0.6 is 11.6 Å². The number of carbonyl (C=O) groups excluding carboxylic acids is 1. The number of amides is 1. The average molecular weight is 395 g/mol. The average Bonchev–Trinajstić information content (AvgIpc) is 3.22. The first-order valence-electron chi connectivity index (χ1n) is 9.93. The van der Waals surface area contributed by atoms with E-state index in [0.717, 1.165) is 54.6 Å². The minimum absolute atomic E-state index is 0.0661. The SMILES string of the molecule is CCOCc1ccc(CC)c(N(CON=C2CCCC2)C(=O)C(Cl)CC)c1. The Balaban J connectivity index is 2.26. The van der Waals surface area contributed by atoms with E-state index in [9.17, 15) is 4.79 Å². The highest BCUT2D eigenvalue weighted by Gasteiger charge is 2.25. The number of aryl methyl sites for hydroxylation is 1. The second-order valence-corrected chi connectivity index (χ2v) is 7.25. The van der Waals surface area contributed by atoms with Crippen molar-refractivity contribution in [3.8, 4) is 0 Å². The molecule has 27 heavy (non-hydrogen) atoms. The molecule has 0 bridgehead atoms. The number of rotatable bonds is 10. The van der Waals surface area contributed by atoms with Crippen molar-refractivity contribution in [1.82, 2.24) is 0 Å². The number of halogens is 1. The fourth-order valence-corrected chi connectivity index (χ4v) is 3.24. The molecule has 5 nitrogen and oxygen atoms in total. The van der Waals surface area contributed by atoms with Crippen molar-refractivity contribution in [3.63, 3.8) is 0 Å². The second kappa shape index (κ2) is 11.3. The minimum atomic E-state index is -0.590. The van der Waals surface area contributed by atoms with E-state index in [-0.39, 0.29) is 12.6 Å². The lowest BCUT2D eigenvalue weighted by molar-refractivity contribution is -0.119. The Morgan fingerprint density at radius 2 is 2.00 bits per heavy atom. The Kier molecular flexibility index (Phi) is 9.08. The van der Waals surface area contributed by atoms with Gasteiger partial charge in [0, 0.05) is 6.61 Å². The Bertz CT molecular complexity index is 640. The maximum atomic E-state index is 12.9. The van der Waals surface area contributed by atoms with Gasteiger partial charge in [0.15, 0.2) is 6.73 Å². The van der Waals surface area contributed by atoms with Gasteiger partial charge in [-0.2, -0.15) is 0 Å². The Labute approximate surface area is 167 Å². The van der Waals surface area contributed by atoms with Gasteiger partial charge in [-0.3, -0.25) is 9.69 Å². The van der Waals surface area contributed by atoms with Gasteiger partial charge in [-0.25, -0.2) is 0 Å². The van der Waals surface area contributed by atoms with Crippen molar-refractivity contribution >= 4 is 28.9 Å². The number of anilines is 1. The summed E-state index contributed by atoms with van der Waals surface area (Å²) in [6, 6.07) is 6.08. The van der Waals surface area contributed by atoms with Gasteiger partial charge in [-0.1, -0.05) is 31.1 Å². The number of ether oxygens (including phenoxy) is 1. The molecule has 0 radical (unpaired) electrons. The Morgan fingerprint density at radius 3 is 2.63 bits per heavy atom. The maximum absolute atomic E-state index is 12.9. The number of hydrogen-bond acceptors (Lipinski definition) is 4. The maximum Gasteiger partial charge on any atom is 0.247 e. The van der Waals surface area contributed by atoms with E-state index in [0.29, 0.717) is 19.6 Å². The molecule has 150 valence electrons. The Morgan fingerprint density at radius 1 is 1.26 bits per heavy atom. The van der Waals surface area contributed by atoms with Crippen LogP contribution in [0.15, 0.2) is 23.4 Å². The van der Waals surface area contributed by atoms with Crippen LogP contribution in [0.5, 0.6) is 0 Å². The summed E-state index contributed by atoms with van der Waals surface area (Å²) in [7, 11) is 0. The molecule has 0 N–H and O–H groups in total. The van der Waals surface area contributed by atoms with Crippen LogP contribution in [0, 0.1) is 0 Å². The summed E-state index contributed by atoms with van der Waals surface area (Å²) in [5, 5.41) is 3.65. The fraction of sp³-hybridized carbons (Fsp3) is 0.619. The lowest BCUT2D eigenvalue weighted by atomic mass is 10.1. The number of benzene rings is 1. The molecule has 0 spiro atoms. The molecule has 2 rings (SSSR count). The number of carbonyl (C=O) groups is 1. The zero-order chi connectivity index (χ0) is 19.6. The molecule has 1 unspecified atom stereocenters. The van der Waals surface area contributed by atoms with Gasteiger partial charge >= 0.3 is 0 Å². The summed E-state index contributed by atoms with van der Waals surface area (Å²) in [5.41, 5.74) is 3.99. The molecule has 0 aliphatic heterocycles. The molecule has 0 heterocycles. The van der Waals surface area contributed by atoms with Crippen molar-refractivity contribution in [1.29, 1.82) is 0 Å². The summed E-state index contributed by atoms with van der Waals surface area (Å²) < 4.78 is 5.52. The third kappa shape index (κ3) is 6.22. The van der Waals surface area contributed by atoms with Crippen LogP contribution in [0.25, 0.3) is 0 Å². The van der Waals surface area contributed by atoms with Crippen LogP contribution in [0.2, 0.25) is 0 Å². The largest absolute Gasteiger partial charge is 0.377 e. The van der Waals surface area contributed by atoms with Crippen LogP contribution < -0.4 is 4.90 Å². The molecule has 1 atom stereocenters. The van der Waals surface area contributed by atoms with E-state index in [1.165, 1.54) is 0 Å². The van der Waals surface area contributed by atoms with E-state index in [2.05, 4.69) is 12.1 Å². The molecule has 1 aromatic rings. The van der Waals surface area contributed by atoms with Crippen LogP contribution in [-0.2, 0) is 27.4 Å². The van der Waals surface area contributed by atoms with Gasteiger partial charge in [-0.05, 0) is 62.6 Å². The van der Waals surface area contributed by atoms with Crippen molar-refractivity contribution in [2.45, 2.75) is 71.3 Å². The first-order chi connectivity index (χ1) is 13.1. The van der Waals surface area contributed by atoms with Gasteiger partial charge in [0.2, 0.25) is 5.91 Å². The third-order valence-electron chi connectivity index (χ3n) is 4.75. The fourth-order valence-electron chi connectivity index (χ4n) is 3.12. The highest BCUT2D eigenvalue weighted by Crippen LogP contribution is 2.26. The van der Waals surface area contributed by atoms with Crippen LogP contribution in [0.1, 0.15) is 64.0 Å². The molecule has 1 amide bonds. The number of alkyl halides is 1. The second-order valence-electron chi connectivity index (χ2n) is 6.72. The quantitative estimate of drug-likeness (QED) is 0.317. The standard InChI is InChI=1S/C21H31ClN2O3/c1-4-17-12-11-16(14-26-6-3)13-20(17)24(21(25)19(22)5-2)15-27-23-18-9-7-8-10-18/h11-13,19H,4-10,14-15H2,1-3H3. The topological polar surface area (TPSA) is 51.1 Å². The normalized spacial score (nSPS) is 14.9. The van der Waals surface area contributed by atoms with E-state index in [4.69, 9.17) is 21.2 Å². The molecular formula is C21H31ClN2O3. The molecule has 1 aliphatic rings. The summed E-state index contributed by atoms with van der Waals surface area (Å²) in [6.07, 6.45) is 5.64. The zero-order valence-corrected chi connectivity index (χ0v) is 17.4. The minimum Gasteiger partial charge on any atom is -0.377 e. The first kappa shape index (κ1) is 21.7. The van der Waals surface area contributed by atoms with E-state index in [1.54, 1.807) is 4.90 Å². The lowest BCUT2D eigenvalue weighted by Crippen LogP contribution is -2.38. The Hall–Kier alpha value is -1.59. The van der Waals surface area contributed by atoms with Gasteiger partial charge in [0.1, 0.15) is 5.38 Å². The number of hydrogen-bond donors (Lipinski definition) is 0. The van der Waals surface area contributed by atoms with E-state index >= 15 is 0 Å². The lowest BCUT2D eigenvalue weighted by Gasteiger charge is -2.26. The van der Waals surface area contributed by atoms with Crippen molar-refractivity contribution < 1.29 is 14.4 Å². The van der Waals surface area contributed by atoms with Gasteiger partial charge in [0.05, 0.1) is 18.0 Å². The smallest absolute Gasteiger partial charge is 0.247 e. The molecule has 0 aromatic heterocycles. The molecule has 0 saturated heterocycles. The van der Waals surface area contributed by atoms with Crippen LogP contribution in [-0.4, -0.2) is 30.3 Å². The third-order valence-corrected chi connectivity index (χ3v) is 5.24. The van der Waals surface area contributed by atoms with Crippen molar-refractivity contribution in [2.24, 2.45) is 5.16 Å². The van der Waals surface area contributed by atoms with E-state index < -0.39 is 5.38 Å². The van der Waals surface area contributed by atoms with Gasteiger partial charge in [-0.15, -0.1) is 11.6 Å². The number of nitrogens with zero attached hydrogens (tertiary/aromatic N) is 2.